The van der Waals surface area contributed by atoms with Crippen LogP contribution in [0, 0.1) is 0 Å². The summed E-state index contributed by atoms with van der Waals surface area (Å²) in [6, 6.07) is 7.35. The summed E-state index contributed by atoms with van der Waals surface area (Å²) < 4.78 is 11.2. The van der Waals surface area contributed by atoms with Crippen molar-refractivity contribution >= 4 is 17.9 Å². The molecule has 1 aromatic carbocycles. The third kappa shape index (κ3) is 4.33. The van der Waals surface area contributed by atoms with Crippen molar-refractivity contribution in [2.24, 2.45) is 0 Å². The molecular weight excluding hydrogens is 336 g/mol. The van der Waals surface area contributed by atoms with E-state index in [0.29, 0.717) is 31.7 Å². The van der Waals surface area contributed by atoms with Gasteiger partial charge < -0.3 is 14.4 Å². The van der Waals surface area contributed by atoms with Gasteiger partial charge in [0.15, 0.2) is 0 Å². The molecule has 26 heavy (non-hydrogen) atoms. The van der Waals surface area contributed by atoms with Crippen molar-refractivity contribution in [2.75, 3.05) is 13.1 Å². The van der Waals surface area contributed by atoms with Crippen molar-refractivity contribution in [3.8, 4) is 5.75 Å². The molecule has 0 radical (unpaired) electrons. The van der Waals surface area contributed by atoms with Crippen molar-refractivity contribution in [1.29, 1.82) is 0 Å². The molecule has 1 aromatic rings. The molecule has 140 valence electrons. The Hall–Kier alpha value is -2.57. The van der Waals surface area contributed by atoms with Crippen LogP contribution in [0.4, 0.5) is 4.79 Å². The lowest BCUT2D eigenvalue weighted by molar-refractivity contribution is -0.134. The van der Waals surface area contributed by atoms with E-state index in [0.717, 1.165) is 5.56 Å². The van der Waals surface area contributed by atoms with E-state index in [2.05, 4.69) is 5.32 Å². The summed E-state index contributed by atoms with van der Waals surface area (Å²) in [6.07, 6.45) is 0.410. The number of benzene rings is 1. The normalized spacial score (nSPS) is 21.0. The van der Waals surface area contributed by atoms with Crippen LogP contribution in [0.25, 0.3) is 0 Å². The molecule has 0 aromatic heterocycles. The zero-order valence-corrected chi connectivity index (χ0v) is 15.3. The van der Waals surface area contributed by atoms with Gasteiger partial charge in [0, 0.05) is 6.42 Å². The number of ether oxygens (including phenoxy) is 2. The van der Waals surface area contributed by atoms with E-state index in [1.807, 2.05) is 45.0 Å². The fraction of sp³-hybridized carbons (Fsp3) is 0.526. The summed E-state index contributed by atoms with van der Waals surface area (Å²) in [5.74, 6) is -0.176. The molecule has 2 heterocycles. The molecule has 2 aliphatic heterocycles. The molecule has 3 amide bonds. The van der Waals surface area contributed by atoms with Crippen LogP contribution in [0.5, 0.6) is 5.75 Å². The molecule has 7 nitrogen and oxygen atoms in total. The zero-order chi connectivity index (χ0) is 18.9. The fourth-order valence-electron chi connectivity index (χ4n) is 3.00. The Kier molecular flexibility index (Phi) is 4.89. The molecule has 0 saturated carbocycles. The molecule has 1 unspecified atom stereocenters. The molecule has 2 fully saturated rings. The number of likely N-dealkylation sites (tertiary alicyclic amines) is 1. The van der Waals surface area contributed by atoms with E-state index in [-0.39, 0.29) is 29.9 Å². The number of imide groups is 1. The van der Waals surface area contributed by atoms with Crippen molar-refractivity contribution in [1.82, 2.24) is 10.2 Å². The monoisotopic (exact) mass is 360 g/mol. The number of nitrogens with zero attached hydrogens (tertiary/aromatic N) is 1. The Balaban J connectivity index is 1.55. The highest BCUT2D eigenvalue weighted by Gasteiger charge is 2.35. The molecule has 2 aliphatic rings. The largest absolute Gasteiger partial charge is 0.487 e. The van der Waals surface area contributed by atoms with Gasteiger partial charge in [0.2, 0.25) is 11.8 Å². The van der Waals surface area contributed by atoms with Crippen molar-refractivity contribution in [3.63, 3.8) is 0 Å². The molecule has 1 atom stereocenters. The Morgan fingerprint density at radius 1 is 1.23 bits per heavy atom. The molecule has 0 aliphatic carbocycles. The van der Waals surface area contributed by atoms with E-state index in [4.69, 9.17) is 9.47 Å². The van der Waals surface area contributed by atoms with E-state index in [1.54, 1.807) is 4.90 Å². The summed E-state index contributed by atoms with van der Waals surface area (Å²) in [6.45, 7) is 6.44. The van der Waals surface area contributed by atoms with E-state index >= 15 is 0 Å². The Bertz CT molecular complexity index is 719. The first-order valence-corrected chi connectivity index (χ1v) is 8.79. The van der Waals surface area contributed by atoms with Crippen molar-refractivity contribution in [2.45, 2.75) is 51.2 Å². The second-order valence-corrected chi connectivity index (χ2v) is 7.70. The number of carbonyl (C=O) groups is 3. The molecule has 7 heteroatoms. The minimum atomic E-state index is -0.515. The quantitative estimate of drug-likeness (QED) is 0.836. The van der Waals surface area contributed by atoms with Gasteiger partial charge >= 0.3 is 6.09 Å². The summed E-state index contributed by atoms with van der Waals surface area (Å²) >= 11 is 0. The minimum Gasteiger partial charge on any atom is -0.487 e. The Morgan fingerprint density at radius 2 is 1.96 bits per heavy atom. The molecule has 0 spiro atoms. The average molecular weight is 360 g/mol. The van der Waals surface area contributed by atoms with Crippen LogP contribution < -0.4 is 10.1 Å². The van der Waals surface area contributed by atoms with Crippen LogP contribution >= 0.6 is 0 Å². The lowest BCUT2D eigenvalue weighted by atomic mass is 9.90. The fourth-order valence-corrected chi connectivity index (χ4v) is 3.00. The predicted octanol–water partition coefficient (Wildman–Crippen LogP) is 2.20. The van der Waals surface area contributed by atoms with Crippen LogP contribution in [0.15, 0.2) is 24.3 Å². The van der Waals surface area contributed by atoms with Gasteiger partial charge in [0.05, 0.1) is 19.0 Å². The molecule has 0 bridgehead atoms. The van der Waals surface area contributed by atoms with Crippen molar-refractivity contribution < 1.29 is 23.9 Å². The SMILES string of the molecule is CC(C)(C)OC(=O)N1CC(Oc2cccc(C3CCC(=O)NC3=O)c2)C1. The lowest BCUT2D eigenvalue weighted by Gasteiger charge is -2.39. The number of hydrogen-bond donors (Lipinski definition) is 1. The van der Waals surface area contributed by atoms with E-state index in [9.17, 15) is 14.4 Å². The first kappa shape index (κ1) is 18.2. The molecule has 2 saturated heterocycles. The highest BCUT2D eigenvalue weighted by Crippen LogP contribution is 2.28. The van der Waals surface area contributed by atoms with Gasteiger partial charge in [0.1, 0.15) is 17.5 Å². The summed E-state index contributed by atoms with van der Waals surface area (Å²) in [5, 5.41) is 2.37. The summed E-state index contributed by atoms with van der Waals surface area (Å²) in [7, 11) is 0. The molecule has 3 rings (SSSR count). The summed E-state index contributed by atoms with van der Waals surface area (Å²) in [4.78, 5) is 36.8. The number of rotatable bonds is 3. The van der Waals surface area contributed by atoms with Gasteiger partial charge in [-0.15, -0.1) is 0 Å². The second-order valence-electron chi connectivity index (χ2n) is 7.70. The van der Waals surface area contributed by atoms with Gasteiger partial charge in [-0.05, 0) is 44.9 Å². The minimum absolute atomic E-state index is 0.0977. The van der Waals surface area contributed by atoms with Crippen LogP contribution in [0.2, 0.25) is 0 Å². The first-order chi connectivity index (χ1) is 12.2. The topological polar surface area (TPSA) is 84.9 Å². The number of hydrogen-bond acceptors (Lipinski definition) is 5. The smallest absolute Gasteiger partial charge is 0.410 e. The van der Waals surface area contributed by atoms with Crippen molar-refractivity contribution in [3.05, 3.63) is 29.8 Å². The third-order valence-corrected chi connectivity index (χ3v) is 4.30. The maximum atomic E-state index is 12.0. The van der Waals surface area contributed by atoms with Gasteiger partial charge in [-0.2, -0.15) is 0 Å². The first-order valence-electron chi connectivity index (χ1n) is 8.79. The van der Waals surface area contributed by atoms with Crippen LogP contribution in [-0.2, 0) is 14.3 Å². The number of nitrogens with one attached hydrogen (secondary N) is 1. The number of carbonyl (C=O) groups excluding carboxylic acids is 3. The highest BCUT2D eigenvalue weighted by atomic mass is 16.6. The molecule has 1 N–H and O–H groups in total. The van der Waals surface area contributed by atoms with Gasteiger partial charge in [-0.3, -0.25) is 14.9 Å². The van der Waals surface area contributed by atoms with Gasteiger partial charge in [0.25, 0.3) is 0 Å². The van der Waals surface area contributed by atoms with E-state index < -0.39 is 5.60 Å². The van der Waals surface area contributed by atoms with Crippen LogP contribution in [-0.4, -0.2) is 47.6 Å². The number of amides is 3. The predicted molar refractivity (Wildman–Crippen MR) is 93.8 cm³/mol. The molecular formula is C19H24N2O5. The van der Waals surface area contributed by atoms with Gasteiger partial charge in [-0.1, -0.05) is 12.1 Å². The van der Waals surface area contributed by atoms with Gasteiger partial charge in [-0.25, -0.2) is 4.79 Å². The maximum Gasteiger partial charge on any atom is 0.410 e. The highest BCUT2D eigenvalue weighted by molar-refractivity contribution is 6.00. The Labute approximate surface area is 152 Å². The summed E-state index contributed by atoms with van der Waals surface area (Å²) in [5.41, 5.74) is 0.315. The van der Waals surface area contributed by atoms with Crippen LogP contribution in [0.1, 0.15) is 45.1 Å². The van der Waals surface area contributed by atoms with Crippen LogP contribution in [0.3, 0.4) is 0 Å². The Morgan fingerprint density at radius 3 is 2.62 bits per heavy atom. The zero-order valence-electron chi connectivity index (χ0n) is 15.3. The maximum absolute atomic E-state index is 12.0. The third-order valence-electron chi connectivity index (χ3n) is 4.30. The average Bonchev–Trinajstić information content (AvgIpc) is 2.49. The lowest BCUT2D eigenvalue weighted by Crippen LogP contribution is -2.57. The standard InChI is InChI=1S/C19H24N2O5/c1-19(2,3)26-18(24)21-10-14(11-21)25-13-6-4-5-12(9-13)15-7-8-16(22)20-17(15)23/h4-6,9,14-15H,7-8,10-11H2,1-3H3,(H,20,22,23). The van der Waals surface area contributed by atoms with E-state index in [1.165, 1.54) is 0 Å². The number of piperidine rings is 1. The second kappa shape index (κ2) is 6.97.